The second kappa shape index (κ2) is 10.9. The van der Waals surface area contributed by atoms with Gasteiger partial charge in [-0.05, 0) is 12.1 Å². The van der Waals surface area contributed by atoms with Gasteiger partial charge in [-0.2, -0.15) is 5.26 Å². The molecule has 30 heavy (non-hydrogen) atoms. The SMILES string of the molecule is CC1C(=O)NNCC1OCCOCCC(=O)N1CCN(c2ccc(C#N)cn2)CC1. The fourth-order valence-corrected chi connectivity index (χ4v) is 3.40. The summed E-state index contributed by atoms with van der Waals surface area (Å²) in [7, 11) is 0. The van der Waals surface area contributed by atoms with Crippen molar-refractivity contribution in [2.75, 3.05) is 57.4 Å². The van der Waals surface area contributed by atoms with Gasteiger partial charge in [0.25, 0.3) is 0 Å². The largest absolute Gasteiger partial charge is 0.379 e. The standard InChI is InChI=1S/C20H28N6O4/c1-15-17(14-23-24-20(15)28)30-11-10-29-9-4-19(27)26-7-5-25(6-8-26)18-3-2-16(12-21)13-22-18/h2-3,13,15,17,23H,4-11,14H2,1H3,(H,24,28). The van der Waals surface area contributed by atoms with Crippen LogP contribution in [0.2, 0.25) is 0 Å². The van der Waals surface area contributed by atoms with E-state index in [-0.39, 0.29) is 23.8 Å². The molecule has 0 radical (unpaired) electrons. The van der Waals surface area contributed by atoms with Gasteiger partial charge in [0.05, 0.1) is 43.8 Å². The summed E-state index contributed by atoms with van der Waals surface area (Å²) in [6.07, 6.45) is 1.72. The van der Waals surface area contributed by atoms with E-state index in [2.05, 4.69) is 26.8 Å². The minimum absolute atomic E-state index is 0.0742. The Kier molecular flexibility index (Phi) is 7.96. The monoisotopic (exact) mass is 416 g/mol. The number of hydrazine groups is 1. The minimum atomic E-state index is -0.203. The number of rotatable bonds is 8. The number of carbonyl (C=O) groups is 2. The molecule has 0 aromatic carbocycles. The summed E-state index contributed by atoms with van der Waals surface area (Å²) in [5.74, 6) is 0.619. The van der Waals surface area contributed by atoms with Crippen LogP contribution in [0, 0.1) is 17.2 Å². The van der Waals surface area contributed by atoms with Crippen LogP contribution in [0.25, 0.3) is 0 Å². The number of pyridine rings is 1. The summed E-state index contributed by atoms with van der Waals surface area (Å²) in [5, 5.41) is 8.85. The third kappa shape index (κ3) is 5.89. The minimum Gasteiger partial charge on any atom is -0.379 e. The van der Waals surface area contributed by atoms with Gasteiger partial charge in [-0.25, -0.2) is 10.4 Å². The molecule has 2 unspecified atom stereocenters. The first-order valence-corrected chi connectivity index (χ1v) is 10.2. The fourth-order valence-electron chi connectivity index (χ4n) is 3.40. The van der Waals surface area contributed by atoms with E-state index >= 15 is 0 Å². The summed E-state index contributed by atoms with van der Waals surface area (Å²) in [4.78, 5) is 32.2. The molecule has 2 amide bonds. The zero-order chi connectivity index (χ0) is 21.3. The van der Waals surface area contributed by atoms with Crippen molar-refractivity contribution in [3.05, 3.63) is 23.9 Å². The summed E-state index contributed by atoms with van der Waals surface area (Å²) >= 11 is 0. The Morgan fingerprint density at radius 1 is 1.27 bits per heavy atom. The van der Waals surface area contributed by atoms with E-state index in [9.17, 15) is 9.59 Å². The molecule has 2 aliphatic rings. The van der Waals surface area contributed by atoms with Crippen molar-refractivity contribution in [3.63, 3.8) is 0 Å². The maximum Gasteiger partial charge on any atom is 0.239 e. The molecule has 2 atom stereocenters. The molecule has 10 heteroatoms. The Bertz CT molecular complexity index is 758. The number of amides is 2. The van der Waals surface area contributed by atoms with Gasteiger partial charge in [0.1, 0.15) is 11.9 Å². The van der Waals surface area contributed by atoms with Crippen LogP contribution in [0.1, 0.15) is 18.9 Å². The van der Waals surface area contributed by atoms with Crippen LogP contribution in [-0.2, 0) is 19.1 Å². The molecule has 2 fully saturated rings. The maximum atomic E-state index is 12.4. The molecule has 2 saturated heterocycles. The number of hydrogen-bond acceptors (Lipinski definition) is 8. The lowest BCUT2D eigenvalue weighted by atomic mass is 10.0. The first-order chi connectivity index (χ1) is 14.6. The smallest absolute Gasteiger partial charge is 0.239 e. The van der Waals surface area contributed by atoms with Crippen LogP contribution in [0.4, 0.5) is 5.82 Å². The van der Waals surface area contributed by atoms with Gasteiger partial charge < -0.3 is 19.3 Å². The number of nitriles is 1. The predicted molar refractivity (Wildman–Crippen MR) is 108 cm³/mol. The number of piperazine rings is 1. The van der Waals surface area contributed by atoms with Crippen molar-refractivity contribution in [2.24, 2.45) is 5.92 Å². The number of ether oxygens (including phenoxy) is 2. The van der Waals surface area contributed by atoms with Crippen molar-refractivity contribution in [1.29, 1.82) is 5.26 Å². The Morgan fingerprint density at radius 2 is 2.07 bits per heavy atom. The number of carbonyl (C=O) groups excluding carboxylic acids is 2. The molecule has 0 bridgehead atoms. The van der Waals surface area contributed by atoms with E-state index in [0.717, 1.165) is 5.82 Å². The second-order valence-corrected chi connectivity index (χ2v) is 7.32. The molecule has 0 saturated carbocycles. The van der Waals surface area contributed by atoms with Gasteiger partial charge in [0, 0.05) is 38.9 Å². The van der Waals surface area contributed by atoms with Crippen LogP contribution in [-0.4, -0.2) is 80.3 Å². The van der Waals surface area contributed by atoms with Crippen LogP contribution < -0.4 is 15.8 Å². The second-order valence-electron chi connectivity index (χ2n) is 7.32. The van der Waals surface area contributed by atoms with E-state index < -0.39 is 0 Å². The first-order valence-electron chi connectivity index (χ1n) is 10.2. The highest BCUT2D eigenvalue weighted by molar-refractivity contribution is 5.79. The highest BCUT2D eigenvalue weighted by Gasteiger charge is 2.28. The van der Waals surface area contributed by atoms with Gasteiger partial charge in [0.15, 0.2) is 0 Å². The summed E-state index contributed by atoms with van der Waals surface area (Å²) in [6.45, 7) is 6.20. The van der Waals surface area contributed by atoms with Crippen LogP contribution in [0.3, 0.4) is 0 Å². The molecular weight excluding hydrogens is 388 g/mol. The first kappa shape index (κ1) is 22.0. The third-order valence-electron chi connectivity index (χ3n) is 5.34. The van der Waals surface area contributed by atoms with Gasteiger partial charge in [-0.15, -0.1) is 0 Å². The molecule has 2 N–H and O–H groups in total. The van der Waals surface area contributed by atoms with Gasteiger partial charge in [-0.1, -0.05) is 6.92 Å². The molecule has 3 heterocycles. The summed E-state index contributed by atoms with van der Waals surface area (Å²) in [6, 6.07) is 5.65. The fraction of sp³-hybridized carbons (Fsp3) is 0.600. The van der Waals surface area contributed by atoms with E-state index in [1.165, 1.54) is 0 Å². The highest BCUT2D eigenvalue weighted by atomic mass is 16.5. The average Bonchev–Trinajstić information content (AvgIpc) is 2.79. The van der Waals surface area contributed by atoms with E-state index in [1.54, 1.807) is 12.3 Å². The molecule has 3 rings (SSSR count). The van der Waals surface area contributed by atoms with Crippen molar-refractivity contribution < 1.29 is 19.1 Å². The van der Waals surface area contributed by atoms with Crippen LogP contribution in [0.15, 0.2) is 18.3 Å². The van der Waals surface area contributed by atoms with Crippen molar-refractivity contribution >= 4 is 17.6 Å². The lowest BCUT2D eigenvalue weighted by Crippen LogP contribution is -2.55. The molecule has 1 aromatic rings. The molecule has 0 spiro atoms. The zero-order valence-corrected chi connectivity index (χ0v) is 17.2. The molecule has 1 aromatic heterocycles. The Morgan fingerprint density at radius 3 is 2.77 bits per heavy atom. The highest BCUT2D eigenvalue weighted by Crippen LogP contribution is 2.14. The molecule has 10 nitrogen and oxygen atoms in total. The van der Waals surface area contributed by atoms with Gasteiger partial charge in [0.2, 0.25) is 11.8 Å². The molecule has 0 aliphatic carbocycles. The Labute approximate surface area is 176 Å². The number of aromatic nitrogens is 1. The molecule has 162 valence electrons. The zero-order valence-electron chi connectivity index (χ0n) is 17.2. The van der Waals surface area contributed by atoms with Crippen LogP contribution >= 0.6 is 0 Å². The van der Waals surface area contributed by atoms with Crippen molar-refractivity contribution in [1.82, 2.24) is 20.7 Å². The summed E-state index contributed by atoms with van der Waals surface area (Å²) in [5.41, 5.74) is 5.91. The third-order valence-corrected chi connectivity index (χ3v) is 5.34. The summed E-state index contributed by atoms with van der Waals surface area (Å²) < 4.78 is 11.2. The van der Waals surface area contributed by atoms with Crippen molar-refractivity contribution in [3.8, 4) is 6.07 Å². The number of anilines is 1. The van der Waals surface area contributed by atoms with E-state index in [0.29, 0.717) is 64.5 Å². The topological polar surface area (TPSA) is 120 Å². The average molecular weight is 416 g/mol. The lowest BCUT2D eigenvalue weighted by molar-refractivity contribution is -0.136. The number of hydrogen-bond donors (Lipinski definition) is 2. The van der Waals surface area contributed by atoms with E-state index in [1.807, 2.05) is 17.9 Å². The van der Waals surface area contributed by atoms with Crippen LogP contribution in [0.5, 0.6) is 0 Å². The quantitative estimate of drug-likeness (QED) is 0.553. The predicted octanol–water partition coefficient (Wildman–Crippen LogP) is -0.336. The molecule has 2 aliphatic heterocycles. The van der Waals surface area contributed by atoms with Gasteiger partial charge in [-0.3, -0.25) is 15.0 Å². The van der Waals surface area contributed by atoms with E-state index in [4.69, 9.17) is 14.7 Å². The maximum absolute atomic E-state index is 12.4. The van der Waals surface area contributed by atoms with Crippen molar-refractivity contribution in [2.45, 2.75) is 19.4 Å². The Hall–Kier alpha value is -2.74. The number of nitrogens with zero attached hydrogens (tertiary/aromatic N) is 4. The normalized spacial score (nSPS) is 21.8. The lowest BCUT2D eigenvalue weighted by Gasteiger charge is -2.35. The molecular formula is C20H28N6O4. The number of nitrogens with one attached hydrogen (secondary N) is 2. The Balaban J connectivity index is 1.28. The van der Waals surface area contributed by atoms with Gasteiger partial charge >= 0.3 is 0 Å².